The van der Waals surface area contributed by atoms with E-state index in [4.69, 9.17) is 18.6 Å². The van der Waals surface area contributed by atoms with E-state index in [1.165, 1.54) is 44.9 Å². The number of rotatable bonds is 11. The molecule has 4 aliphatic rings. The van der Waals surface area contributed by atoms with Gasteiger partial charge in [-0.05, 0) is 129 Å². The molecule has 0 aromatic rings. The largest absolute Gasteiger partial charge is 0.466 e. The fraction of sp³-hybridized carbons (Fsp3) is 0.923. The first-order chi connectivity index (χ1) is 20.8. The SMILES string of the molecule is CCOC(=O)[C@H](C[C@@H](OCOC)C(C)[C@H]1CC[C@H]2[C@@H]3CC=C4C[C@@H](O[Si](C)(C)C(C)(C)C)CC[C@]4(C)[C@H]3CC[C@]12C)C(C)(C)C. The van der Waals surface area contributed by atoms with E-state index in [0.29, 0.717) is 41.8 Å². The summed E-state index contributed by atoms with van der Waals surface area (Å²) in [6.07, 6.45) is 13.8. The molecule has 0 amide bonds. The molecule has 0 N–H and O–H groups in total. The van der Waals surface area contributed by atoms with E-state index in [-0.39, 0.29) is 35.2 Å². The van der Waals surface area contributed by atoms with Gasteiger partial charge in [0.2, 0.25) is 0 Å². The van der Waals surface area contributed by atoms with Gasteiger partial charge in [-0.25, -0.2) is 0 Å². The Balaban J connectivity index is 1.52. The Morgan fingerprint density at radius 2 is 1.71 bits per heavy atom. The lowest BCUT2D eigenvalue weighted by Gasteiger charge is -2.59. The van der Waals surface area contributed by atoms with Gasteiger partial charge in [-0.2, -0.15) is 0 Å². The molecule has 6 heteroatoms. The molecule has 0 radical (unpaired) electrons. The van der Waals surface area contributed by atoms with Gasteiger partial charge in [0, 0.05) is 13.2 Å². The molecule has 4 aliphatic carbocycles. The number of hydrogen-bond donors (Lipinski definition) is 0. The molecule has 3 saturated carbocycles. The van der Waals surface area contributed by atoms with Gasteiger partial charge in [0.05, 0.1) is 18.6 Å². The summed E-state index contributed by atoms with van der Waals surface area (Å²) in [6.45, 7) is 28.6. The summed E-state index contributed by atoms with van der Waals surface area (Å²) in [4.78, 5) is 13.1. The summed E-state index contributed by atoms with van der Waals surface area (Å²) in [5.74, 6) is 2.94. The molecule has 0 aliphatic heterocycles. The fourth-order valence-corrected chi connectivity index (χ4v) is 11.7. The first kappa shape index (κ1) is 37.1. The zero-order valence-corrected chi connectivity index (χ0v) is 32.5. The molecular formula is C39H70O5Si. The van der Waals surface area contributed by atoms with E-state index in [1.54, 1.807) is 12.7 Å². The molecule has 5 nitrogen and oxygen atoms in total. The van der Waals surface area contributed by atoms with Crippen LogP contribution in [0.4, 0.5) is 0 Å². The maximum absolute atomic E-state index is 13.1. The quantitative estimate of drug-likeness (QED) is 0.0968. The number of fused-ring (bicyclic) bond motifs is 5. The Morgan fingerprint density at radius 3 is 2.31 bits per heavy atom. The van der Waals surface area contributed by atoms with Gasteiger partial charge in [-0.3, -0.25) is 4.79 Å². The minimum Gasteiger partial charge on any atom is -0.466 e. The second-order valence-electron chi connectivity index (χ2n) is 18.6. The third kappa shape index (κ3) is 7.34. The van der Waals surface area contributed by atoms with Crippen molar-refractivity contribution in [2.45, 2.75) is 157 Å². The van der Waals surface area contributed by atoms with Crippen molar-refractivity contribution in [1.29, 1.82) is 0 Å². The second-order valence-corrected chi connectivity index (χ2v) is 23.4. The van der Waals surface area contributed by atoms with Crippen LogP contribution < -0.4 is 0 Å². The minimum atomic E-state index is -1.77. The van der Waals surface area contributed by atoms with E-state index in [9.17, 15) is 4.79 Å². The first-order valence-electron chi connectivity index (χ1n) is 18.4. The highest BCUT2D eigenvalue weighted by Gasteiger charge is 2.60. The summed E-state index contributed by atoms with van der Waals surface area (Å²) in [6, 6.07) is 0. The molecule has 45 heavy (non-hydrogen) atoms. The lowest BCUT2D eigenvalue weighted by molar-refractivity contribution is -0.159. The molecule has 0 spiro atoms. The maximum atomic E-state index is 13.1. The van der Waals surface area contributed by atoms with Crippen LogP contribution in [0.15, 0.2) is 11.6 Å². The number of esters is 1. The van der Waals surface area contributed by atoms with Crippen molar-refractivity contribution in [2.24, 2.45) is 51.8 Å². The molecule has 0 bridgehead atoms. The number of allylic oxidation sites excluding steroid dienone is 1. The molecule has 0 aromatic carbocycles. The highest BCUT2D eigenvalue weighted by Crippen LogP contribution is 2.67. The van der Waals surface area contributed by atoms with Crippen LogP contribution in [0.2, 0.25) is 18.1 Å². The molecule has 10 atom stereocenters. The van der Waals surface area contributed by atoms with E-state index < -0.39 is 8.32 Å². The standard InChI is InChI=1S/C39H70O5Si/c1-14-42-35(40)33(36(3,4)5)24-34(43-25-41-11)26(2)30-17-18-31-29-16-15-27-23-28(44-45(12,13)37(6,7)8)19-21-38(27,9)32(29)20-22-39(30,31)10/h15,26,28-34H,14,16-25H2,1-13H3/t26?,28-,29-,30+,31-,32-,33-,34+,38-,39+/m0/s1. The average molecular weight is 647 g/mol. The van der Waals surface area contributed by atoms with E-state index in [1.807, 2.05) is 6.92 Å². The Kier molecular flexibility index (Phi) is 11.3. The van der Waals surface area contributed by atoms with Gasteiger partial charge in [0.25, 0.3) is 0 Å². The van der Waals surface area contributed by atoms with Crippen molar-refractivity contribution in [3.8, 4) is 0 Å². The Morgan fingerprint density at radius 1 is 1.02 bits per heavy atom. The average Bonchev–Trinajstić information content (AvgIpc) is 3.28. The molecule has 0 heterocycles. The molecule has 260 valence electrons. The molecule has 4 rings (SSSR count). The third-order valence-corrected chi connectivity index (χ3v) is 18.6. The summed E-state index contributed by atoms with van der Waals surface area (Å²) < 4.78 is 24.4. The highest BCUT2D eigenvalue weighted by molar-refractivity contribution is 6.74. The smallest absolute Gasteiger partial charge is 0.309 e. The van der Waals surface area contributed by atoms with Gasteiger partial charge < -0.3 is 18.6 Å². The number of methoxy groups -OCH3 is 1. The summed E-state index contributed by atoms with van der Waals surface area (Å²) in [5, 5.41) is 0.254. The van der Waals surface area contributed by atoms with Gasteiger partial charge in [0.15, 0.2) is 8.32 Å². The van der Waals surface area contributed by atoms with E-state index >= 15 is 0 Å². The lowest BCUT2D eigenvalue weighted by atomic mass is 9.47. The zero-order chi connectivity index (χ0) is 33.6. The van der Waals surface area contributed by atoms with E-state index in [0.717, 1.165) is 24.2 Å². The summed E-state index contributed by atoms with van der Waals surface area (Å²) in [7, 11) is -0.0792. The van der Waals surface area contributed by atoms with Crippen LogP contribution in [-0.4, -0.2) is 47.0 Å². The molecule has 0 saturated heterocycles. The first-order valence-corrected chi connectivity index (χ1v) is 21.4. The van der Waals surface area contributed by atoms with Gasteiger partial charge in [-0.1, -0.05) is 74.0 Å². The van der Waals surface area contributed by atoms with Crippen molar-refractivity contribution in [2.75, 3.05) is 20.5 Å². The van der Waals surface area contributed by atoms with Crippen LogP contribution in [-0.2, 0) is 23.4 Å². The van der Waals surface area contributed by atoms with Crippen molar-refractivity contribution >= 4 is 14.3 Å². The van der Waals surface area contributed by atoms with Gasteiger partial charge >= 0.3 is 5.97 Å². The topological polar surface area (TPSA) is 54.0 Å². The highest BCUT2D eigenvalue weighted by atomic mass is 28.4. The normalized spacial score (nSPS) is 35.8. The van der Waals surface area contributed by atoms with Crippen LogP contribution in [0, 0.1) is 51.8 Å². The molecule has 1 unspecified atom stereocenters. The fourth-order valence-electron chi connectivity index (χ4n) is 10.4. The van der Waals surface area contributed by atoms with Crippen molar-refractivity contribution < 1.29 is 23.4 Å². The van der Waals surface area contributed by atoms with Crippen molar-refractivity contribution in [1.82, 2.24) is 0 Å². The number of ether oxygens (including phenoxy) is 3. The second kappa shape index (κ2) is 13.7. The number of carbonyl (C=O) groups is 1. The zero-order valence-electron chi connectivity index (χ0n) is 31.5. The number of carbonyl (C=O) groups excluding carboxylic acids is 1. The predicted molar refractivity (Wildman–Crippen MR) is 187 cm³/mol. The Bertz CT molecular complexity index is 1050. The van der Waals surface area contributed by atoms with Crippen molar-refractivity contribution in [3.63, 3.8) is 0 Å². The Labute approximate surface area is 278 Å². The van der Waals surface area contributed by atoms with Crippen LogP contribution >= 0.6 is 0 Å². The van der Waals surface area contributed by atoms with Crippen molar-refractivity contribution in [3.05, 3.63) is 11.6 Å². The van der Waals surface area contributed by atoms with Crippen LogP contribution in [0.3, 0.4) is 0 Å². The van der Waals surface area contributed by atoms with E-state index in [2.05, 4.69) is 81.5 Å². The van der Waals surface area contributed by atoms with Crippen LogP contribution in [0.5, 0.6) is 0 Å². The maximum Gasteiger partial charge on any atom is 0.309 e. The summed E-state index contributed by atoms with van der Waals surface area (Å²) >= 11 is 0. The Hall–Kier alpha value is -0.693. The van der Waals surface area contributed by atoms with Crippen LogP contribution in [0.25, 0.3) is 0 Å². The predicted octanol–water partition coefficient (Wildman–Crippen LogP) is 10.2. The van der Waals surface area contributed by atoms with Gasteiger partial charge in [-0.15, -0.1) is 0 Å². The third-order valence-electron chi connectivity index (χ3n) is 14.1. The van der Waals surface area contributed by atoms with Crippen LogP contribution in [0.1, 0.15) is 127 Å². The molecule has 3 fully saturated rings. The monoisotopic (exact) mass is 646 g/mol. The lowest BCUT2D eigenvalue weighted by Crippen LogP contribution is -2.52. The minimum absolute atomic E-state index is 0.0385. The number of hydrogen-bond acceptors (Lipinski definition) is 5. The molecular weight excluding hydrogens is 577 g/mol. The van der Waals surface area contributed by atoms with Gasteiger partial charge in [0.1, 0.15) is 6.79 Å². The molecule has 0 aromatic heterocycles. The summed E-state index contributed by atoms with van der Waals surface area (Å²) in [5.41, 5.74) is 2.15.